The molecule has 0 aliphatic heterocycles. The Kier molecular flexibility index (Phi) is 5.81. The van der Waals surface area contributed by atoms with Crippen LogP contribution in [0.4, 0.5) is 0 Å². The van der Waals surface area contributed by atoms with Crippen LogP contribution in [0, 0.1) is 6.92 Å². The summed E-state index contributed by atoms with van der Waals surface area (Å²) in [6, 6.07) is 18.2. The van der Waals surface area contributed by atoms with Crippen molar-refractivity contribution in [3.05, 3.63) is 83.8 Å². The number of para-hydroxylation sites is 1. The summed E-state index contributed by atoms with van der Waals surface area (Å²) in [6.07, 6.45) is 0.901. The number of carbonyl (C=O) groups excluding carboxylic acids is 1. The number of phenolic OH excluding ortho intramolecular Hbond substituents is 1. The lowest BCUT2D eigenvalue weighted by atomic mass is 10.1. The number of hydrogen-bond donors (Lipinski definition) is 1. The average molecular weight is 365 g/mol. The smallest absolute Gasteiger partial charge is 0.264 e. The zero-order valence-corrected chi connectivity index (χ0v) is 15.5. The standard InChI is InChI=1S/C22H23NO4/c1-16-9-11-19(12-10-16)27-17(2)22(25)23(15-20-7-5-13-26-20)14-18-6-3-4-8-21(18)24/h3-13,17,24H,14-15H2,1-2H3/t17-/m1/s1. The molecule has 0 spiro atoms. The Morgan fingerprint density at radius 2 is 1.81 bits per heavy atom. The zero-order chi connectivity index (χ0) is 19.2. The summed E-state index contributed by atoms with van der Waals surface area (Å²) in [5, 5.41) is 10.1. The number of carbonyl (C=O) groups is 1. The largest absolute Gasteiger partial charge is 0.508 e. The van der Waals surface area contributed by atoms with Crippen LogP contribution in [0.2, 0.25) is 0 Å². The molecule has 0 saturated carbocycles. The lowest BCUT2D eigenvalue weighted by molar-refractivity contribution is -0.139. The van der Waals surface area contributed by atoms with E-state index in [1.807, 2.05) is 43.3 Å². The molecule has 0 fully saturated rings. The molecule has 1 N–H and O–H groups in total. The first-order valence-electron chi connectivity index (χ1n) is 8.84. The van der Waals surface area contributed by atoms with Crippen LogP contribution in [0.25, 0.3) is 0 Å². The Morgan fingerprint density at radius 3 is 2.48 bits per heavy atom. The number of rotatable bonds is 7. The summed E-state index contributed by atoms with van der Waals surface area (Å²) in [6.45, 7) is 4.27. The minimum absolute atomic E-state index is 0.154. The van der Waals surface area contributed by atoms with Gasteiger partial charge in [-0.1, -0.05) is 35.9 Å². The molecule has 0 saturated heterocycles. The van der Waals surface area contributed by atoms with E-state index in [4.69, 9.17) is 9.15 Å². The molecule has 0 unspecified atom stereocenters. The number of ether oxygens (including phenoxy) is 1. The van der Waals surface area contributed by atoms with E-state index in [1.165, 1.54) is 0 Å². The summed E-state index contributed by atoms with van der Waals surface area (Å²) < 4.78 is 11.2. The molecule has 1 aromatic heterocycles. The lowest BCUT2D eigenvalue weighted by Crippen LogP contribution is -2.39. The highest BCUT2D eigenvalue weighted by atomic mass is 16.5. The average Bonchev–Trinajstić information content (AvgIpc) is 3.17. The Labute approximate surface area is 158 Å². The first kappa shape index (κ1) is 18.6. The van der Waals surface area contributed by atoms with Crippen LogP contribution >= 0.6 is 0 Å². The fourth-order valence-electron chi connectivity index (χ4n) is 2.78. The first-order chi connectivity index (χ1) is 13.0. The minimum Gasteiger partial charge on any atom is -0.508 e. The van der Waals surface area contributed by atoms with Crippen LogP contribution in [-0.2, 0) is 17.9 Å². The van der Waals surface area contributed by atoms with E-state index >= 15 is 0 Å². The fourth-order valence-corrected chi connectivity index (χ4v) is 2.78. The second-order valence-electron chi connectivity index (χ2n) is 6.48. The molecule has 0 radical (unpaired) electrons. The van der Waals surface area contributed by atoms with Crippen molar-refractivity contribution in [2.24, 2.45) is 0 Å². The molecule has 0 aliphatic rings. The molecule has 3 rings (SSSR count). The maximum absolute atomic E-state index is 13.0. The molecule has 1 amide bonds. The van der Waals surface area contributed by atoms with E-state index < -0.39 is 6.10 Å². The topological polar surface area (TPSA) is 62.9 Å². The SMILES string of the molecule is Cc1ccc(O[C@H](C)C(=O)N(Cc2ccco2)Cc2ccccc2O)cc1. The highest BCUT2D eigenvalue weighted by molar-refractivity contribution is 5.81. The monoisotopic (exact) mass is 365 g/mol. The maximum Gasteiger partial charge on any atom is 0.264 e. The molecule has 140 valence electrons. The molecule has 1 heterocycles. The summed E-state index contributed by atoms with van der Waals surface area (Å²) in [5.74, 6) is 1.28. The van der Waals surface area contributed by atoms with Crippen molar-refractivity contribution in [1.29, 1.82) is 0 Å². The lowest BCUT2D eigenvalue weighted by Gasteiger charge is -2.26. The molecule has 27 heavy (non-hydrogen) atoms. The number of benzene rings is 2. The fraction of sp³-hybridized carbons (Fsp3) is 0.227. The Balaban J connectivity index is 1.76. The number of phenols is 1. The summed E-state index contributed by atoms with van der Waals surface area (Å²) in [5.41, 5.74) is 1.79. The van der Waals surface area contributed by atoms with Crippen LogP contribution in [0.1, 0.15) is 23.8 Å². The van der Waals surface area contributed by atoms with Crippen molar-refractivity contribution in [2.75, 3.05) is 0 Å². The van der Waals surface area contributed by atoms with Crippen LogP contribution in [0.15, 0.2) is 71.3 Å². The predicted octanol–water partition coefficient (Wildman–Crippen LogP) is 4.29. The van der Waals surface area contributed by atoms with Crippen molar-refractivity contribution >= 4 is 5.91 Å². The molecule has 3 aromatic rings. The van der Waals surface area contributed by atoms with E-state index in [2.05, 4.69) is 0 Å². The molecule has 0 aliphatic carbocycles. The summed E-state index contributed by atoms with van der Waals surface area (Å²) >= 11 is 0. The normalized spacial score (nSPS) is 11.8. The van der Waals surface area contributed by atoms with Gasteiger partial charge in [-0.3, -0.25) is 4.79 Å². The van der Waals surface area contributed by atoms with Crippen molar-refractivity contribution in [3.63, 3.8) is 0 Å². The number of nitrogens with zero attached hydrogens (tertiary/aromatic N) is 1. The van der Waals surface area contributed by atoms with Gasteiger partial charge >= 0.3 is 0 Å². The van der Waals surface area contributed by atoms with Gasteiger partial charge in [-0.2, -0.15) is 0 Å². The van der Waals surface area contributed by atoms with Crippen molar-refractivity contribution in [3.8, 4) is 11.5 Å². The summed E-state index contributed by atoms with van der Waals surface area (Å²) in [7, 11) is 0. The predicted molar refractivity (Wildman–Crippen MR) is 102 cm³/mol. The second-order valence-corrected chi connectivity index (χ2v) is 6.48. The van der Waals surface area contributed by atoms with E-state index in [0.717, 1.165) is 5.56 Å². The highest BCUT2D eigenvalue weighted by Crippen LogP contribution is 2.21. The molecule has 5 heteroatoms. The van der Waals surface area contributed by atoms with Crippen LogP contribution < -0.4 is 4.74 Å². The van der Waals surface area contributed by atoms with Gasteiger partial charge in [-0.05, 0) is 44.2 Å². The van der Waals surface area contributed by atoms with Crippen LogP contribution in [0.5, 0.6) is 11.5 Å². The quantitative estimate of drug-likeness (QED) is 0.678. The van der Waals surface area contributed by atoms with Gasteiger partial charge in [0.1, 0.15) is 17.3 Å². The molecular formula is C22H23NO4. The van der Waals surface area contributed by atoms with Crippen molar-refractivity contribution in [1.82, 2.24) is 4.90 Å². The molecule has 2 aromatic carbocycles. The number of furan rings is 1. The van der Waals surface area contributed by atoms with Gasteiger partial charge in [0, 0.05) is 12.1 Å². The third-order valence-electron chi connectivity index (χ3n) is 4.27. The van der Waals surface area contributed by atoms with Gasteiger partial charge in [-0.25, -0.2) is 0 Å². The van der Waals surface area contributed by atoms with Crippen LogP contribution in [-0.4, -0.2) is 22.0 Å². The summed E-state index contributed by atoms with van der Waals surface area (Å²) in [4.78, 5) is 14.7. The van der Waals surface area contributed by atoms with Gasteiger partial charge < -0.3 is 19.2 Å². The Bertz CT molecular complexity index is 872. The Morgan fingerprint density at radius 1 is 1.07 bits per heavy atom. The van der Waals surface area contributed by atoms with Gasteiger partial charge in [0.05, 0.1) is 12.8 Å². The number of aromatic hydroxyl groups is 1. The Hall–Kier alpha value is -3.21. The van der Waals surface area contributed by atoms with Crippen molar-refractivity contribution < 1.29 is 19.1 Å². The number of hydrogen-bond acceptors (Lipinski definition) is 4. The van der Waals surface area contributed by atoms with Gasteiger partial charge in [0.2, 0.25) is 0 Å². The molecule has 0 bridgehead atoms. The maximum atomic E-state index is 13.0. The number of amides is 1. The van der Waals surface area contributed by atoms with Crippen LogP contribution in [0.3, 0.4) is 0 Å². The third-order valence-corrected chi connectivity index (χ3v) is 4.27. The zero-order valence-electron chi connectivity index (χ0n) is 15.5. The van der Waals surface area contributed by atoms with E-state index in [-0.39, 0.29) is 18.2 Å². The first-order valence-corrected chi connectivity index (χ1v) is 8.84. The van der Waals surface area contributed by atoms with Gasteiger partial charge in [0.15, 0.2) is 6.10 Å². The van der Waals surface area contributed by atoms with Crippen molar-refractivity contribution in [2.45, 2.75) is 33.0 Å². The molecule has 1 atom stereocenters. The van der Waals surface area contributed by atoms with E-state index in [9.17, 15) is 9.90 Å². The second kappa shape index (κ2) is 8.45. The van der Waals surface area contributed by atoms with E-state index in [0.29, 0.717) is 23.6 Å². The molecule has 5 nitrogen and oxygen atoms in total. The van der Waals surface area contributed by atoms with E-state index in [1.54, 1.807) is 42.4 Å². The third kappa shape index (κ3) is 4.91. The number of aryl methyl sites for hydroxylation is 1. The van der Waals surface area contributed by atoms with Gasteiger partial charge in [0.25, 0.3) is 5.91 Å². The highest BCUT2D eigenvalue weighted by Gasteiger charge is 2.24. The minimum atomic E-state index is -0.673. The molecular weight excluding hydrogens is 342 g/mol. The van der Waals surface area contributed by atoms with Gasteiger partial charge in [-0.15, -0.1) is 0 Å².